The molecule has 2 nitrogen and oxygen atoms in total. The van der Waals surface area contributed by atoms with Crippen molar-refractivity contribution in [3.8, 4) is 0 Å². The lowest BCUT2D eigenvalue weighted by Gasteiger charge is -2.19. The maximum Gasteiger partial charge on any atom is 0.180 e. The van der Waals surface area contributed by atoms with Crippen molar-refractivity contribution >= 4 is 16.5 Å². The van der Waals surface area contributed by atoms with Gasteiger partial charge in [-0.3, -0.25) is 0 Å². The van der Waals surface area contributed by atoms with Crippen LogP contribution in [0.15, 0.2) is 24.3 Å². The molecule has 3 heteroatoms. The maximum absolute atomic E-state index is 5.72. The average molecular weight is 260 g/mol. The summed E-state index contributed by atoms with van der Waals surface area (Å²) in [6, 6.07) is 8.80. The van der Waals surface area contributed by atoms with Crippen molar-refractivity contribution in [2.45, 2.75) is 39.5 Å². The third kappa shape index (κ3) is 2.91. The van der Waals surface area contributed by atoms with Crippen LogP contribution in [0.3, 0.4) is 0 Å². The first-order valence-electron chi connectivity index (χ1n) is 6.17. The molecular weight excluding hydrogens is 240 g/mol. The third-order valence-corrected chi connectivity index (χ3v) is 3.94. The second-order valence-corrected chi connectivity index (χ2v) is 6.91. The molecule has 0 unspecified atom stereocenters. The predicted octanol–water partition coefficient (Wildman–Crippen LogP) is 3.92. The molecule has 1 aromatic heterocycles. The molecule has 2 N–H and O–H groups in total. The zero-order valence-electron chi connectivity index (χ0n) is 11.4. The molecule has 2 rings (SSSR count). The van der Waals surface area contributed by atoms with Gasteiger partial charge in [0.25, 0.3) is 0 Å². The van der Waals surface area contributed by atoms with E-state index in [0.717, 1.165) is 12.1 Å². The molecule has 0 saturated heterocycles. The number of thiazole rings is 1. The van der Waals surface area contributed by atoms with Crippen molar-refractivity contribution in [3.63, 3.8) is 0 Å². The fraction of sp³-hybridized carbons (Fsp3) is 0.400. The summed E-state index contributed by atoms with van der Waals surface area (Å²) in [5.41, 5.74) is 9.68. The van der Waals surface area contributed by atoms with Crippen LogP contribution in [0.5, 0.6) is 0 Å². The Morgan fingerprint density at radius 2 is 1.78 bits per heavy atom. The number of nitrogens with zero attached hydrogens (tertiary/aromatic N) is 1. The van der Waals surface area contributed by atoms with E-state index in [1.807, 2.05) is 0 Å². The molecule has 96 valence electrons. The lowest BCUT2D eigenvalue weighted by molar-refractivity contribution is 0.590. The van der Waals surface area contributed by atoms with Crippen molar-refractivity contribution in [2.24, 2.45) is 0 Å². The minimum atomic E-state index is 0.208. The molecular formula is C15H20N2S. The van der Waals surface area contributed by atoms with Gasteiger partial charge in [-0.25, -0.2) is 4.98 Å². The van der Waals surface area contributed by atoms with Gasteiger partial charge in [0, 0.05) is 11.3 Å². The molecule has 0 atom stereocenters. The second kappa shape index (κ2) is 4.73. The summed E-state index contributed by atoms with van der Waals surface area (Å²) in [7, 11) is 0. The molecule has 0 radical (unpaired) electrons. The highest BCUT2D eigenvalue weighted by Gasteiger charge is 2.13. The van der Waals surface area contributed by atoms with Crippen LogP contribution in [-0.4, -0.2) is 4.98 Å². The minimum Gasteiger partial charge on any atom is -0.375 e. The number of rotatable bonds is 2. The SMILES string of the molecule is Cc1sc(N)nc1Cc1ccc(C(C)(C)C)cc1. The van der Waals surface area contributed by atoms with Crippen molar-refractivity contribution < 1.29 is 0 Å². The topological polar surface area (TPSA) is 38.9 Å². The molecule has 0 bridgehead atoms. The summed E-state index contributed by atoms with van der Waals surface area (Å²) in [5, 5.41) is 0.661. The van der Waals surface area contributed by atoms with Crippen LogP contribution in [0.2, 0.25) is 0 Å². The van der Waals surface area contributed by atoms with E-state index in [-0.39, 0.29) is 5.41 Å². The lowest BCUT2D eigenvalue weighted by Crippen LogP contribution is -2.10. The first kappa shape index (κ1) is 13.1. The number of hydrogen-bond donors (Lipinski definition) is 1. The number of aromatic nitrogens is 1. The van der Waals surface area contributed by atoms with Crippen LogP contribution in [0.1, 0.15) is 42.5 Å². The summed E-state index contributed by atoms with van der Waals surface area (Å²) in [6.45, 7) is 8.76. The second-order valence-electron chi connectivity index (χ2n) is 5.68. The molecule has 18 heavy (non-hydrogen) atoms. The molecule has 0 aliphatic heterocycles. The molecule has 0 saturated carbocycles. The Kier molecular flexibility index (Phi) is 3.44. The van der Waals surface area contributed by atoms with Gasteiger partial charge in [-0.15, -0.1) is 11.3 Å². The highest BCUT2D eigenvalue weighted by Crippen LogP contribution is 2.25. The number of anilines is 1. The average Bonchev–Trinajstić information content (AvgIpc) is 2.57. The monoisotopic (exact) mass is 260 g/mol. The van der Waals surface area contributed by atoms with E-state index < -0.39 is 0 Å². The van der Waals surface area contributed by atoms with Crippen molar-refractivity contribution in [1.29, 1.82) is 0 Å². The fourth-order valence-electron chi connectivity index (χ4n) is 1.93. The molecule has 0 aliphatic rings. The Balaban J connectivity index is 2.18. The van der Waals surface area contributed by atoms with Crippen molar-refractivity contribution in [1.82, 2.24) is 4.98 Å². The van der Waals surface area contributed by atoms with Gasteiger partial charge in [-0.1, -0.05) is 45.0 Å². The smallest absolute Gasteiger partial charge is 0.180 e. The maximum atomic E-state index is 5.72. The van der Waals surface area contributed by atoms with Gasteiger partial charge in [0.05, 0.1) is 5.69 Å². The van der Waals surface area contributed by atoms with Crippen LogP contribution in [-0.2, 0) is 11.8 Å². The molecule has 1 aromatic carbocycles. The van der Waals surface area contributed by atoms with E-state index in [9.17, 15) is 0 Å². The van der Waals surface area contributed by atoms with Crippen LogP contribution in [0.4, 0.5) is 5.13 Å². The molecule has 0 spiro atoms. The van der Waals surface area contributed by atoms with Gasteiger partial charge >= 0.3 is 0 Å². The van der Waals surface area contributed by atoms with Crippen molar-refractivity contribution in [3.05, 3.63) is 46.0 Å². The largest absolute Gasteiger partial charge is 0.375 e. The summed E-state index contributed by atoms with van der Waals surface area (Å²) < 4.78 is 0. The third-order valence-electron chi connectivity index (χ3n) is 3.10. The summed E-state index contributed by atoms with van der Waals surface area (Å²) in [5.74, 6) is 0. The van der Waals surface area contributed by atoms with Crippen LogP contribution in [0, 0.1) is 6.92 Å². The van der Waals surface area contributed by atoms with Crippen LogP contribution >= 0.6 is 11.3 Å². The fourth-order valence-corrected chi connectivity index (χ4v) is 2.64. The number of benzene rings is 1. The van der Waals surface area contributed by atoms with Crippen molar-refractivity contribution in [2.75, 3.05) is 5.73 Å². The Labute approximate surface area is 113 Å². The zero-order chi connectivity index (χ0) is 13.3. The summed E-state index contributed by atoms with van der Waals surface area (Å²) in [6.07, 6.45) is 0.865. The predicted molar refractivity (Wildman–Crippen MR) is 79.2 cm³/mol. The number of aryl methyl sites for hydroxylation is 1. The number of nitrogens with two attached hydrogens (primary N) is 1. The van der Waals surface area contributed by atoms with E-state index in [1.54, 1.807) is 11.3 Å². The van der Waals surface area contributed by atoms with Crippen LogP contribution < -0.4 is 5.73 Å². The van der Waals surface area contributed by atoms with Crippen LogP contribution in [0.25, 0.3) is 0 Å². The summed E-state index contributed by atoms with van der Waals surface area (Å²) >= 11 is 1.56. The van der Waals surface area contributed by atoms with Gasteiger partial charge in [-0.2, -0.15) is 0 Å². The van der Waals surface area contributed by atoms with Gasteiger partial charge in [0.15, 0.2) is 5.13 Å². The zero-order valence-corrected chi connectivity index (χ0v) is 12.3. The number of hydrogen-bond acceptors (Lipinski definition) is 3. The molecule has 0 amide bonds. The first-order valence-corrected chi connectivity index (χ1v) is 6.99. The Hall–Kier alpha value is -1.35. The van der Waals surface area contributed by atoms with E-state index in [1.165, 1.54) is 16.0 Å². The Morgan fingerprint density at radius 3 is 2.22 bits per heavy atom. The van der Waals surface area contributed by atoms with Gasteiger partial charge in [-0.05, 0) is 23.5 Å². The van der Waals surface area contributed by atoms with Gasteiger partial charge < -0.3 is 5.73 Å². The normalized spacial score (nSPS) is 11.8. The molecule has 2 aromatic rings. The highest BCUT2D eigenvalue weighted by atomic mass is 32.1. The molecule has 1 heterocycles. The minimum absolute atomic E-state index is 0.208. The standard InChI is InChI=1S/C15H20N2S/c1-10-13(17-14(16)18-10)9-11-5-7-12(8-6-11)15(2,3)4/h5-8H,9H2,1-4H3,(H2,16,17). The van der Waals surface area contributed by atoms with E-state index in [4.69, 9.17) is 5.73 Å². The van der Waals surface area contributed by atoms with E-state index in [2.05, 4.69) is 56.9 Å². The first-order chi connectivity index (χ1) is 8.36. The van der Waals surface area contributed by atoms with E-state index >= 15 is 0 Å². The molecule has 0 fully saturated rings. The lowest BCUT2D eigenvalue weighted by atomic mass is 9.86. The highest BCUT2D eigenvalue weighted by molar-refractivity contribution is 7.15. The van der Waals surface area contributed by atoms with Gasteiger partial charge in [0.2, 0.25) is 0 Å². The quantitative estimate of drug-likeness (QED) is 0.888. The Bertz CT molecular complexity index is 533. The Morgan fingerprint density at radius 1 is 1.17 bits per heavy atom. The van der Waals surface area contributed by atoms with E-state index in [0.29, 0.717) is 5.13 Å². The summed E-state index contributed by atoms with van der Waals surface area (Å²) in [4.78, 5) is 5.59. The number of nitrogen functional groups attached to an aromatic ring is 1. The van der Waals surface area contributed by atoms with Gasteiger partial charge in [0.1, 0.15) is 0 Å². The molecule has 0 aliphatic carbocycles.